The van der Waals surface area contributed by atoms with Crippen LogP contribution in [0.2, 0.25) is 0 Å². The third kappa shape index (κ3) is 2.16. The molecule has 2 heterocycles. The van der Waals surface area contributed by atoms with Crippen molar-refractivity contribution < 1.29 is 14.3 Å². The SMILES string of the molecule is CCC(CC)(C(=O)O)n1nnnc1-c1ccc(Br)o1. The third-order valence-corrected chi connectivity index (χ3v) is 3.66. The Balaban J connectivity index is 2.57. The molecule has 2 aromatic heterocycles. The second kappa shape index (κ2) is 5.12. The monoisotopic (exact) mass is 328 g/mol. The molecule has 0 amide bonds. The van der Waals surface area contributed by atoms with Gasteiger partial charge in [-0.1, -0.05) is 13.8 Å². The number of tetrazole rings is 1. The molecule has 0 aromatic carbocycles. The zero-order valence-electron chi connectivity index (χ0n) is 10.5. The quantitative estimate of drug-likeness (QED) is 0.904. The highest BCUT2D eigenvalue weighted by Gasteiger charge is 2.41. The molecular formula is C11H13BrN4O3. The van der Waals surface area contributed by atoms with Gasteiger partial charge in [0.25, 0.3) is 0 Å². The van der Waals surface area contributed by atoms with Gasteiger partial charge in [0.15, 0.2) is 16.0 Å². The van der Waals surface area contributed by atoms with E-state index >= 15 is 0 Å². The van der Waals surface area contributed by atoms with Crippen LogP contribution in [0.3, 0.4) is 0 Å². The molecule has 0 radical (unpaired) electrons. The van der Waals surface area contributed by atoms with Crippen molar-refractivity contribution in [2.75, 3.05) is 0 Å². The maximum absolute atomic E-state index is 11.6. The first-order valence-corrected chi connectivity index (χ1v) is 6.62. The summed E-state index contributed by atoms with van der Waals surface area (Å²) in [5, 5.41) is 20.8. The van der Waals surface area contributed by atoms with Crippen molar-refractivity contribution in [3.05, 3.63) is 16.8 Å². The molecule has 102 valence electrons. The first-order valence-electron chi connectivity index (χ1n) is 5.83. The van der Waals surface area contributed by atoms with Crippen molar-refractivity contribution in [3.8, 4) is 11.6 Å². The lowest BCUT2D eigenvalue weighted by Gasteiger charge is -2.26. The summed E-state index contributed by atoms with van der Waals surface area (Å²) < 4.78 is 7.25. The average molecular weight is 329 g/mol. The fourth-order valence-corrected chi connectivity index (χ4v) is 2.31. The Bertz CT molecular complexity index is 588. The number of furan rings is 1. The Labute approximate surface area is 117 Å². The molecule has 0 fully saturated rings. The number of rotatable bonds is 5. The summed E-state index contributed by atoms with van der Waals surface area (Å²) >= 11 is 3.19. The van der Waals surface area contributed by atoms with E-state index in [4.69, 9.17) is 4.42 Å². The molecule has 2 aromatic rings. The van der Waals surface area contributed by atoms with Gasteiger partial charge >= 0.3 is 5.97 Å². The largest absolute Gasteiger partial charge is 0.479 e. The summed E-state index contributed by atoms with van der Waals surface area (Å²) in [4.78, 5) is 11.6. The van der Waals surface area contributed by atoms with Crippen LogP contribution in [0, 0.1) is 0 Å². The smallest absolute Gasteiger partial charge is 0.331 e. The Morgan fingerprint density at radius 2 is 2.16 bits per heavy atom. The van der Waals surface area contributed by atoms with Crippen LogP contribution in [0.4, 0.5) is 0 Å². The fraction of sp³-hybridized carbons (Fsp3) is 0.455. The predicted octanol–water partition coefficient (Wildman–Crippen LogP) is 2.30. The maximum Gasteiger partial charge on any atom is 0.331 e. The summed E-state index contributed by atoms with van der Waals surface area (Å²) in [7, 11) is 0. The summed E-state index contributed by atoms with van der Waals surface area (Å²) in [6.45, 7) is 3.59. The van der Waals surface area contributed by atoms with Crippen LogP contribution in [-0.2, 0) is 10.3 Å². The summed E-state index contributed by atoms with van der Waals surface area (Å²) in [6, 6.07) is 3.39. The third-order valence-electron chi connectivity index (χ3n) is 3.24. The number of hydrogen-bond donors (Lipinski definition) is 1. The van der Waals surface area contributed by atoms with Crippen LogP contribution in [0.1, 0.15) is 26.7 Å². The van der Waals surface area contributed by atoms with Crippen molar-refractivity contribution in [1.82, 2.24) is 20.2 Å². The van der Waals surface area contributed by atoms with Crippen LogP contribution in [-0.4, -0.2) is 31.3 Å². The molecule has 19 heavy (non-hydrogen) atoms. The van der Waals surface area contributed by atoms with Crippen LogP contribution < -0.4 is 0 Å². The van der Waals surface area contributed by atoms with E-state index in [0.717, 1.165) is 0 Å². The summed E-state index contributed by atoms with van der Waals surface area (Å²) in [6.07, 6.45) is 0.748. The van der Waals surface area contributed by atoms with E-state index in [2.05, 4.69) is 31.5 Å². The minimum Gasteiger partial charge on any atom is -0.479 e. The molecule has 0 atom stereocenters. The van der Waals surface area contributed by atoms with Crippen LogP contribution in [0.15, 0.2) is 21.2 Å². The second-order valence-electron chi connectivity index (χ2n) is 4.06. The first kappa shape index (κ1) is 13.7. The number of aromatic nitrogens is 4. The fourth-order valence-electron chi connectivity index (χ4n) is 2.01. The van der Waals surface area contributed by atoms with Gasteiger partial charge in [0.2, 0.25) is 5.82 Å². The number of carboxylic acids is 1. The number of carboxylic acid groups (broad SMARTS) is 1. The average Bonchev–Trinajstić information content (AvgIpc) is 3.00. The van der Waals surface area contributed by atoms with Crippen molar-refractivity contribution >= 4 is 21.9 Å². The Kier molecular flexibility index (Phi) is 3.70. The molecule has 2 rings (SSSR count). The van der Waals surface area contributed by atoms with Crippen LogP contribution in [0.5, 0.6) is 0 Å². The molecule has 0 spiro atoms. The molecule has 0 saturated carbocycles. The number of halogens is 1. The van der Waals surface area contributed by atoms with Crippen LogP contribution >= 0.6 is 15.9 Å². The molecule has 0 aliphatic rings. The lowest BCUT2D eigenvalue weighted by atomic mass is 9.93. The van der Waals surface area contributed by atoms with Crippen LogP contribution in [0.25, 0.3) is 11.6 Å². The Hall–Kier alpha value is -1.70. The van der Waals surface area contributed by atoms with Crippen molar-refractivity contribution in [1.29, 1.82) is 0 Å². The molecule has 0 saturated heterocycles. The zero-order valence-corrected chi connectivity index (χ0v) is 12.1. The van der Waals surface area contributed by atoms with Crippen molar-refractivity contribution in [3.63, 3.8) is 0 Å². The molecule has 1 N–H and O–H groups in total. The van der Waals surface area contributed by atoms with E-state index in [0.29, 0.717) is 29.1 Å². The molecule has 0 aliphatic carbocycles. The van der Waals surface area contributed by atoms with Gasteiger partial charge in [-0.25, -0.2) is 9.48 Å². The van der Waals surface area contributed by atoms with E-state index in [1.165, 1.54) is 4.68 Å². The lowest BCUT2D eigenvalue weighted by Crippen LogP contribution is -2.42. The van der Waals surface area contributed by atoms with Gasteiger partial charge < -0.3 is 9.52 Å². The Morgan fingerprint density at radius 1 is 1.47 bits per heavy atom. The van der Waals surface area contributed by atoms with E-state index in [9.17, 15) is 9.90 Å². The highest BCUT2D eigenvalue weighted by atomic mass is 79.9. The molecular weight excluding hydrogens is 316 g/mol. The maximum atomic E-state index is 11.6. The van der Waals surface area contributed by atoms with Gasteiger partial charge in [0.1, 0.15) is 0 Å². The van der Waals surface area contributed by atoms with Gasteiger partial charge in [0.05, 0.1) is 0 Å². The number of aliphatic carboxylic acids is 1. The van der Waals surface area contributed by atoms with Gasteiger partial charge in [-0.05, 0) is 51.3 Å². The highest BCUT2D eigenvalue weighted by molar-refractivity contribution is 9.10. The first-order chi connectivity index (χ1) is 9.05. The van der Waals surface area contributed by atoms with Gasteiger partial charge in [-0.3, -0.25) is 0 Å². The molecule has 0 bridgehead atoms. The summed E-state index contributed by atoms with van der Waals surface area (Å²) in [5.41, 5.74) is -1.17. The second-order valence-corrected chi connectivity index (χ2v) is 4.84. The lowest BCUT2D eigenvalue weighted by molar-refractivity contribution is -0.148. The van der Waals surface area contributed by atoms with Gasteiger partial charge in [0, 0.05) is 0 Å². The van der Waals surface area contributed by atoms with E-state index < -0.39 is 11.5 Å². The molecule has 0 unspecified atom stereocenters. The molecule has 7 nitrogen and oxygen atoms in total. The van der Waals surface area contributed by atoms with E-state index in [1.807, 2.05) is 0 Å². The zero-order chi connectivity index (χ0) is 14.0. The van der Waals surface area contributed by atoms with E-state index in [-0.39, 0.29) is 0 Å². The standard InChI is InChI=1S/C11H13BrN4O3/c1-3-11(4-2,10(17)18)16-9(13-14-15-16)7-5-6-8(12)19-7/h5-6H,3-4H2,1-2H3,(H,17,18). The topological polar surface area (TPSA) is 94.0 Å². The Morgan fingerprint density at radius 3 is 2.63 bits per heavy atom. The van der Waals surface area contributed by atoms with Crippen molar-refractivity contribution in [2.45, 2.75) is 32.2 Å². The van der Waals surface area contributed by atoms with Gasteiger partial charge in [-0.2, -0.15) is 0 Å². The van der Waals surface area contributed by atoms with Gasteiger partial charge in [-0.15, -0.1) is 5.10 Å². The number of nitrogens with zero attached hydrogens (tertiary/aromatic N) is 4. The molecule has 8 heteroatoms. The highest BCUT2D eigenvalue weighted by Crippen LogP contribution is 2.31. The summed E-state index contributed by atoms with van der Waals surface area (Å²) in [5.74, 6) is -0.238. The van der Waals surface area contributed by atoms with Crippen molar-refractivity contribution in [2.24, 2.45) is 0 Å². The minimum atomic E-state index is -1.17. The van der Waals surface area contributed by atoms with E-state index in [1.54, 1.807) is 26.0 Å². The number of carbonyl (C=O) groups is 1. The predicted molar refractivity (Wildman–Crippen MR) is 69.4 cm³/mol. The number of hydrogen-bond acceptors (Lipinski definition) is 5. The minimum absolute atomic E-state index is 0.303. The molecule has 0 aliphatic heterocycles. The normalized spacial score (nSPS) is 11.7.